The zero-order chi connectivity index (χ0) is 16.1. The summed E-state index contributed by atoms with van der Waals surface area (Å²) in [5.41, 5.74) is 1.17. The maximum atomic E-state index is 11.7. The van der Waals surface area contributed by atoms with Gasteiger partial charge in [-0.1, -0.05) is 12.8 Å². The summed E-state index contributed by atoms with van der Waals surface area (Å²) in [6.07, 6.45) is 8.42. The quantitative estimate of drug-likeness (QED) is 0.923. The number of carbonyl (C=O) groups is 1. The van der Waals surface area contributed by atoms with Crippen molar-refractivity contribution >= 4 is 11.9 Å². The number of amides is 1. The lowest BCUT2D eigenvalue weighted by atomic mass is 10.0. The van der Waals surface area contributed by atoms with Gasteiger partial charge in [-0.05, 0) is 32.6 Å². The summed E-state index contributed by atoms with van der Waals surface area (Å²) < 4.78 is 5.05. The monoisotopic (exact) mass is 318 g/mol. The van der Waals surface area contributed by atoms with Crippen molar-refractivity contribution in [2.75, 3.05) is 25.0 Å². The Morgan fingerprint density at radius 3 is 2.70 bits per heavy atom. The number of nitrogens with zero attached hydrogens (tertiary/aromatic N) is 3. The predicted octanol–water partition coefficient (Wildman–Crippen LogP) is 3.17. The first-order valence-corrected chi connectivity index (χ1v) is 8.76. The molecule has 0 spiro atoms. The van der Waals surface area contributed by atoms with E-state index in [4.69, 9.17) is 4.74 Å². The molecule has 2 aliphatic rings. The minimum absolute atomic E-state index is 0.198. The van der Waals surface area contributed by atoms with Crippen LogP contribution < -0.4 is 5.32 Å². The maximum Gasteiger partial charge on any atom is 0.409 e. The minimum Gasteiger partial charge on any atom is -0.450 e. The Morgan fingerprint density at radius 1 is 1.26 bits per heavy atom. The largest absolute Gasteiger partial charge is 0.450 e. The van der Waals surface area contributed by atoms with Crippen molar-refractivity contribution in [3.8, 4) is 0 Å². The first-order chi connectivity index (χ1) is 11.3. The lowest BCUT2D eigenvalue weighted by Crippen LogP contribution is -2.42. The molecule has 1 saturated heterocycles. The van der Waals surface area contributed by atoms with Crippen LogP contribution in [0.2, 0.25) is 0 Å². The van der Waals surface area contributed by atoms with Gasteiger partial charge in [0, 0.05) is 36.8 Å². The van der Waals surface area contributed by atoms with Gasteiger partial charge in [0.1, 0.15) is 12.1 Å². The predicted molar refractivity (Wildman–Crippen MR) is 88.5 cm³/mol. The van der Waals surface area contributed by atoms with Crippen molar-refractivity contribution in [1.29, 1.82) is 0 Å². The van der Waals surface area contributed by atoms with Crippen LogP contribution in [0.5, 0.6) is 0 Å². The Hall–Kier alpha value is -1.85. The minimum atomic E-state index is -0.198. The molecule has 2 fully saturated rings. The third-order valence-corrected chi connectivity index (χ3v) is 4.83. The van der Waals surface area contributed by atoms with Gasteiger partial charge in [0.05, 0.1) is 6.61 Å². The number of carbonyl (C=O) groups excluding carboxylic acids is 1. The van der Waals surface area contributed by atoms with Crippen molar-refractivity contribution in [2.24, 2.45) is 0 Å². The summed E-state index contributed by atoms with van der Waals surface area (Å²) in [6, 6.07) is 2.46. The molecule has 0 aromatic carbocycles. The van der Waals surface area contributed by atoms with Crippen LogP contribution in [0.3, 0.4) is 0 Å². The average molecular weight is 318 g/mol. The number of nitrogens with one attached hydrogen (secondary N) is 1. The molecule has 1 amide bonds. The molecule has 23 heavy (non-hydrogen) atoms. The molecule has 6 nitrogen and oxygen atoms in total. The molecule has 126 valence electrons. The Balaban J connectivity index is 1.52. The number of likely N-dealkylation sites (tertiary alicyclic amines) is 1. The Bertz CT molecular complexity index is 523. The summed E-state index contributed by atoms with van der Waals surface area (Å²) in [5.74, 6) is 1.51. The molecule has 1 aliphatic carbocycles. The van der Waals surface area contributed by atoms with Crippen LogP contribution in [0.4, 0.5) is 10.6 Å². The highest BCUT2D eigenvalue weighted by atomic mass is 16.6. The molecule has 0 unspecified atom stereocenters. The maximum absolute atomic E-state index is 11.7. The van der Waals surface area contributed by atoms with Gasteiger partial charge < -0.3 is 15.0 Å². The van der Waals surface area contributed by atoms with Crippen LogP contribution in [-0.4, -0.2) is 46.7 Å². The highest BCUT2D eigenvalue weighted by molar-refractivity contribution is 5.67. The van der Waals surface area contributed by atoms with E-state index in [2.05, 4.69) is 21.4 Å². The first kappa shape index (κ1) is 16.0. The molecular formula is C17H26N4O2. The summed E-state index contributed by atoms with van der Waals surface area (Å²) >= 11 is 0. The molecule has 0 atom stereocenters. The highest BCUT2D eigenvalue weighted by Crippen LogP contribution is 2.33. The fourth-order valence-corrected chi connectivity index (χ4v) is 3.53. The number of rotatable bonds is 4. The fourth-order valence-electron chi connectivity index (χ4n) is 3.53. The topological polar surface area (TPSA) is 67.3 Å². The van der Waals surface area contributed by atoms with Crippen LogP contribution in [0.1, 0.15) is 57.1 Å². The van der Waals surface area contributed by atoms with E-state index in [9.17, 15) is 4.79 Å². The zero-order valence-electron chi connectivity index (χ0n) is 13.8. The standard InChI is InChI=1S/C17H26N4O2/c1-2-23-17(22)21-9-7-14(8-10-21)20-16-11-15(18-12-19-16)13-5-3-4-6-13/h11-14H,2-10H2,1H3,(H,18,19,20). The van der Waals surface area contributed by atoms with E-state index in [1.54, 1.807) is 11.2 Å². The second-order valence-electron chi connectivity index (χ2n) is 6.41. The van der Waals surface area contributed by atoms with Crippen LogP contribution in [0.25, 0.3) is 0 Å². The Morgan fingerprint density at radius 2 is 2.00 bits per heavy atom. The molecule has 1 saturated carbocycles. The van der Waals surface area contributed by atoms with E-state index in [0.29, 0.717) is 18.6 Å². The molecule has 1 aliphatic heterocycles. The molecule has 1 aromatic rings. The molecule has 2 heterocycles. The molecule has 0 bridgehead atoms. The van der Waals surface area contributed by atoms with E-state index in [0.717, 1.165) is 31.7 Å². The molecule has 0 radical (unpaired) electrons. The van der Waals surface area contributed by atoms with Gasteiger partial charge in [-0.15, -0.1) is 0 Å². The van der Waals surface area contributed by atoms with Crippen molar-refractivity contribution in [3.63, 3.8) is 0 Å². The van der Waals surface area contributed by atoms with Crippen LogP contribution in [0, 0.1) is 0 Å². The van der Waals surface area contributed by atoms with Crippen molar-refractivity contribution in [2.45, 2.75) is 57.4 Å². The fraction of sp³-hybridized carbons (Fsp3) is 0.706. The van der Waals surface area contributed by atoms with Crippen molar-refractivity contribution < 1.29 is 9.53 Å². The van der Waals surface area contributed by atoms with Gasteiger partial charge >= 0.3 is 6.09 Å². The number of piperidine rings is 1. The van der Waals surface area contributed by atoms with Gasteiger partial charge in [-0.2, -0.15) is 0 Å². The summed E-state index contributed by atoms with van der Waals surface area (Å²) in [5, 5.41) is 3.51. The van der Waals surface area contributed by atoms with Gasteiger partial charge in [-0.25, -0.2) is 14.8 Å². The number of aromatic nitrogens is 2. The number of hydrogen-bond acceptors (Lipinski definition) is 5. The summed E-state index contributed by atoms with van der Waals surface area (Å²) in [7, 11) is 0. The lowest BCUT2D eigenvalue weighted by Gasteiger charge is -2.31. The summed E-state index contributed by atoms with van der Waals surface area (Å²) in [4.78, 5) is 22.3. The Labute approximate surface area is 137 Å². The zero-order valence-corrected chi connectivity index (χ0v) is 13.8. The van der Waals surface area contributed by atoms with Gasteiger partial charge in [-0.3, -0.25) is 0 Å². The molecule has 6 heteroatoms. The SMILES string of the molecule is CCOC(=O)N1CCC(Nc2cc(C3CCCC3)ncn2)CC1. The smallest absolute Gasteiger partial charge is 0.409 e. The van der Waals surface area contributed by atoms with Gasteiger partial charge in [0.15, 0.2) is 0 Å². The third-order valence-electron chi connectivity index (χ3n) is 4.83. The molecule has 1 aromatic heterocycles. The summed E-state index contributed by atoms with van der Waals surface area (Å²) in [6.45, 7) is 3.74. The van der Waals surface area contributed by atoms with Crippen LogP contribution >= 0.6 is 0 Å². The molecular weight excluding hydrogens is 292 g/mol. The van der Waals surface area contributed by atoms with Gasteiger partial charge in [0.2, 0.25) is 0 Å². The second-order valence-corrected chi connectivity index (χ2v) is 6.41. The van der Waals surface area contributed by atoms with E-state index >= 15 is 0 Å². The van der Waals surface area contributed by atoms with E-state index in [-0.39, 0.29) is 6.09 Å². The van der Waals surface area contributed by atoms with Crippen molar-refractivity contribution in [3.05, 3.63) is 18.1 Å². The average Bonchev–Trinajstić information content (AvgIpc) is 3.11. The van der Waals surface area contributed by atoms with Gasteiger partial charge in [0.25, 0.3) is 0 Å². The Kier molecular flexibility index (Phi) is 5.31. The lowest BCUT2D eigenvalue weighted by molar-refractivity contribution is 0.0983. The second kappa shape index (κ2) is 7.62. The number of anilines is 1. The third kappa shape index (κ3) is 4.12. The van der Waals surface area contributed by atoms with Crippen LogP contribution in [0.15, 0.2) is 12.4 Å². The van der Waals surface area contributed by atoms with Crippen molar-refractivity contribution in [1.82, 2.24) is 14.9 Å². The molecule has 1 N–H and O–H groups in total. The normalized spacial score (nSPS) is 19.8. The highest BCUT2D eigenvalue weighted by Gasteiger charge is 2.24. The van der Waals surface area contributed by atoms with E-state index in [1.807, 2.05) is 6.92 Å². The van der Waals surface area contributed by atoms with Crippen LogP contribution in [-0.2, 0) is 4.74 Å². The number of ether oxygens (including phenoxy) is 1. The first-order valence-electron chi connectivity index (χ1n) is 8.76. The van der Waals surface area contributed by atoms with E-state index < -0.39 is 0 Å². The molecule has 3 rings (SSSR count). The van der Waals surface area contributed by atoms with E-state index in [1.165, 1.54) is 31.4 Å². The number of hydrogen-bond donors (Lipinski definition) is 1.